The molecule has 138 valence electrons. The minimum absolute atomic E-state index is 0.193. The molecule has 4 nitrogen and oxygen atoms in total. The van der Waals surface area contributed by atoms with E-state index in [1.54, 1.807) is 48.5 Å². The monoisotopic (exact) mass is 381 g/mol. The van der Waals surface area contributed by atoms with Crippen molar-refractivity contribution in [2.45, 2.75) is 13.0 Å². The van der Waals surface area contributed by atoms with Crippen molar-refractivity contribution in [3.05, 3.63) is 94.5 Å². The third-order valence-electron chi connectivity index (χ3n) is 4.05. The molecule has 0 radical (unpaired) electrons. The number of rotatable bonds is 7. The Bertz CT molecular complexity index is 909. The van der Waals surface area contributed by atoms with Crippen molar-refractivity contribution >= 4 is 17.5 Å². The fourth-order valence-corrected chi connectivity index (χ4v) is 2.78. The number of carbonyl (C=O) groups is 1. The Morgan fingerprint density at radius 3 is 2.52 bits per heavy atom. The highest BCUT2D eigenvalue weighted by Crippen LogP contribution is 2.20. The maximum Gasteiger partial charge on any atom is 0.255 e. The van der Waals surface area contributed by atoms with E-state index in [9.17, 15) is 9.90 Å². The number of aromatic hydroxyl groups is 1. The molecule has 3 rings (SSSR count). The van der Waals surface area contributed by atoms with Gasteiger partial charge < -0.3 is 15.2 Å². The van der Waals surface area contributed by atoms with Crippen molar-refractivity contribution in [2.24, 2.45) is 0 Å². The van der Waals surface area contributed by atoms with Crippen LogP contribution in [0.1, 0.15) is 21.5 Å². The van der Waals surface area contributed by atoms with E-state index < -0.39 is 0 Å². The largest absolute Gasteiger partial charge is 0.508 e. The van der Waals surface area contributed by atoms with Gasteiger partial charge >= 0.3 is 0 Å². The van der Waals surface area contributed by atoms with E-state index in [0.717, 1.165) is 11.1 Å². The second-order valence-corrected chi connectivity index (χ2v) is 6.52. The molecule has 0 aromatic heterocycles. The maximum absolute atomic E-state index is 12.5. The van der Waals surface area contributed by atoms with Gasteiger partial charge in [0.05, 0.1) is 5.56 Å². The first-order valence-corrected chi connectivity index (χ1v) is 9.02. The van der Waals surface area contributed by atoms with Gasteiger partial charge in [-0.3, -0.25) is 4.79 Å². The molecule has 2 N–H and O–H groups in total. The summed E-state index contributed by atoms with van der Waals surface area (Å²) in [6.07, 6.45) is 0.633. The van der Waals surface area contributed by atoms with Gasteiger partial charge in [-0.2, -0.15) is 0 Å². The van der Waals surface area contributed by atoms with Gasteiger partial charge in [0.1, 0.15) is 18.1 Å². The topological polar surface area (TPSA) is 58.6 Å². The molecule has 0 atom stereocenters. The molecule has 0 aliphatic heterocycles. The Morgan fingerprint density at radius 2 is 1.74 bits per heavy atom. The molecule has 27 heavy (non-hydrogen) atoms. The molecule has 0 spiro atoms. The fourth-order valence-electron chi connectivity index (χ4n) is 2.65. The van der Waals surface area contributed by atoms with Crippen LogP contribution in [0.2, 0.25) is 5.02 Å². The number of halogens is 1. The molecule has 1 amide bonds. The lowest BCUT2D eigenvalue weighted by Gasteiger charge is -2.12. The quantitative estimate of drug-likeness (QED) is 0.629. The Labute approximate surface area is 163 Å². The summed E-state index contributed by atoms with van der Waals surface area (Å²) in [5.74, 6) is 0.559. The molecule has 0 fully saturated rings. The zero-order valence-corrected chi connectivity index (χ0v) is 15.4. The van der Waals surface area contributed by atoms with Crippen LogP contribution in [0.5, 0.6) is 11.5 Å². The van der Waals surface area contributed by atoms with Crippen LogP contribution in [-0.2, 0) is 13.0 Å². The average Bonchev–Trinajstić information content (AvgIpc) is 2.68. The molecular weight excluding hydrogens is 362 g/mol. The van der Waals surface area contributed by atoms with Crippen LogP contribution in [0.3, 0.4) is 0 Å². The van der Waals surface area contributed by atoms with E-state index in [-0.39, 0.29) is 11.7 Å². The molecule has 0 unspecified atom stereocenters. The molecule has 0 saturated carbocycles. The third-order valence-corrected chi connectivity index (χ3v) is 4.30. The first-order chi connectivity index (χ1) is 13.1. The van der Waals surface area contributed by atoms with Gasteiger partial charge in [-0.05, 0) is 53.9 Å². The molecule has 0 heterocycles. The zero-order valence-electron chi connectivity index (χ0n) is 14.7. The Kier molecular flexibility index (Phi) is 6.34. The van der Waals surface area contributed by atoms with E-state index in [0.29, 0.717) is 35.9 Å². The lowest BCUT2D eigenvalue weighted by atomic mass is 10.1. The standard InChI is InChI=1S/C22H20ClNO3/c23-18-10-8-17(9-11-18)15-27-21-7-2-1-6-20(21)22(26)24-13-12-16-4-3-5-19(25)14-16/h1-11,14,25H,12-13,15H2,(H,24,26). The van der Waals surface area contributed by atoms with E-state index in [4.69, 9.17) is 16.3 Å². The predicted molar refractivity (Wildman–Crippen MR) is 106 cm³/mol. The number of para-hydroxylation sites is 1. The number of nitrogens with one attached hydrogen (secondary N) is 1. The third kappa shape index (κ3) is 5.50. The van der Waals surface area contributed by atoms with Gasteiger partial charge in [-0.25, -0.2) is 0 Å². The van der Waals surface area contributed by atoms with Crippen molar-refractivity contribution in [3.8, 4) is 11.5 Å². The minimum atomic E-state index is -0.193. The van der Waals surface area contributed by atoms with Gasteiger partial charge in [0.2, 0.25) is 0 Å². The lowest BCUT2D eigenvalue weighted by molar-refractivity contribution is 0.0949. The van der Waals surface area contributed by atoms with E-state index in [1.807, 2.05) is 24.3 Å². The summed E-state index contributed by atoms with van der Waals surface area (Å²) < 4.78 is 5.83. The highest BCUT2D eigenvalue weighted by atomic mass is 35.5. The number of amides is 1. The molecule has 0 saturated heterocycles. The van der Waals surface area contributed by atoms with Crippen molar-refractivity contribution < 1.29 is 14.6 Å². The van der Waals surface area contributed by atoms with Crippen molar-refractivity contribution in [3.63, 3.8) is 0 Å². The number of phenols is 1. The molecule has 0 aliphatic rings. The summed E-state index contributed by atoms with van der Waals surface area (Å²) in [5.41, 5.74) is 2.42. The molecule has 0 bridgehead atoms. The Hall–Kier alpha value is -2.98. The van der Waals surface area contributed by atoms with Crippen LogP contribution in [0.25, 0.3) is 0 Å². The second kappa shape index (κ2) is 9.10. The second-order valence-electron chi connectivity index (χ2n) is 6.09. The number of carbonyl (C=O) groups excluding carboxylic acids is 1. The first-order valence-electron chi connectivity index (χ1n) is 8.64. The fraction of sp³-hybridized carbons (Fsp3) is 0.136. The first kappa shape index (κ1) is 18.8. The van der Waals surface area contributed by atoms with Crippen LogP contribution in [0.15, 0.2) is 72.8 Å². The smallest absolute Gasteiger partial charge is 0.255 e. The number of ether oxygens (including phenoxy) is 1. The maximum atomic E-state index is 12.5. The van der Waals surface area contributed by atoms with Crippen LogP contribution in [-0.4, -0.2) is 17.6 Å². The normalized spacial score (nSPS) is 10.4. The lowest BCUT2D eigenvalue weighted by Crippen LogP contribution is -2.26. The van der Waals surface area contributed by atoms with E-state index >= 15 is 0 Å². The zero-order chi connectivity index (χ0) is 19.1. The molecule has 0 aliphatic carbocycles. The van der Waals surface area contributed by atoms with Crippen LogP contribution >= 0.6 is 11.6 Å². The summed E-state index contributed by atoms with van der Waals surface area (Å²) >= 11 is 5.89. The summed E-state index contributed by atoms with van der Waals surface area (Å²) in [6.45, 7) is 0.818. The summed E-state index contributed by atoms with van der Waals surface area (Å²) in [5, 5.41) is 13.1. The summed E-state index contributed by atoms with van der Waals surface area (Å²) in [6, 6.07) is 21.6. The molecule has 5 heteroatoms. The summed E-state index contributed by atoms with van der Waals surface area (Å²) in [7, 11) is 0. The Morgan fingerprint density at radius 1 is 0.963 bits per heavy atom. The van der Waals surface area contributed by atoms with Gasteiger partial charge in [0.15, 0.2) is 0 Å². The van der Waals surface area contributed by atoms with Gasteiger partial charge in [0, 0.05) is 11.6 Å². The highest BCUT2D eigenvalue weighted by Gasteiger charge is 2.12. The number of benzene rings is 3. The van der Waals surface area contributed by atoms with Gasteiger partial charge in [0.25, 0.3) is 5.91 Å². The van der Waals surface area contributed by atoms with E-state index in [1.165, 1.54) is 0 Å². The molecule has 3 aromatic carbocycles. The number of hydrogen-bond acceptors (Lipinski definition) is 3. The van der Waals surface area contributed by atoms with Crippen molar-refractivity contribution in [2.75, 3.05) is 6.54 Å². The minimum Gasteiger partial charge on any atom is -0.508 e. The van der Waals surface area contributed by atoms with Crippen LogP contribution in [0.4, 0.5) is 0 Å². The number of hydrogen-bond donors (Lipinski definition) is 2. The summed E-state index contributed by atoms with van der Waals surface area (Å²) in [4.78, 5) is 12.5. The highest BCUT2D eigenvalue weighted by molar-refractivity contribution is 6.30. The van der Waals surface area contributed by atoms with Gasteiger partial charge in [-0.15, -0.1) is 0 Å². The van der Waals surface area contributed by atoms with E-state index in [2.05, 4.69) is 5.32 Å². The van der Waals surface area contributed by atoms with Crippen molar-refractivity contribution in [1.29, 1.82) is 0 Å². The van der Waals surface area contributed by atoms with Gasteiger partial charge in [-0.1, -0.05) is 48.0 Å². The molecule has 3 aromatic rings. The van der Waals surface area contributed by atoms with Crippen LogP contribution in [0, 0.1) is 0 Å². The number of phenolic OH excluding ortho intramolecular Hbond substituents is 1. The predicted octanol–water partition coefficient (Wildman–Crippen LogP) is 4.60. The van der Waals surface area contributed by atoms with Crippen molar-refractivity contribution in [1.82, 2.24) is 5.32 Å². The molecular formula is C22H20ClNO3. The SMILES string of the molecule is O=C(NCCc1cccc(O)c1)c1ccccc1OCc1ccc(Cl)cc1. The van der Waals surface area contributed by atoms with Crippen LogP contribution < -0.4 is 10.1 Å². The Balaban J connectivity index is 1.58. The average molecular weight is 382 g/mol.